The van der Waals surface area contributed by atoms with Crippen LogP contribution in [-0.4, -0.2) is 54.9 Å². The minimum absolute atomic E-state index is 0.135. The van der Waals surface area contributed by atoms with E-state index in [2.05, 4.69) is 5.32 Å². The van der Waals surface area contributed by atoms with Gasteiger partial charge in [-0.1, -0.05) is 18.2 Å². The minimum atomic E-state index is -0.752. The Morgan fingerprint density at radius 1 is 1.22 bits per heavy atom. The summed E-state index contributed by atoms with van der Waals surface area (Å²) in [5, 5.41) is 24.0. The fraction of sp³-hybridized carbons (Fsp3) is 0.650. The van der Waals surface area contributed by atoms with Gasteiger partial charge in [0.05, 0.1) is 18.1 Å². The quantitative estimate of drug-likeness (QED) is 0.323. The Morgan fingerprint density at radius 2 is 1.89 bits per heavy atom. The van der Waals surface area contributed by atoms with Crippen LogP contribution in [0.4, 0.5) is 5.69 Å². The fourth-order valence-electron chi connectivity index (χ4n) is 3.76. The van der Waals surface area contributed by atoms with E-state index in [9.17, 15) is 15.0 Å². The SMILES string of the molecule is COC(C[C@H]1[C@@H](O)CC[C@H](NC(=O)[C@@H](C)c2ccccc2N)C[C@@H]1O)OC. The summed E-state index contributed by atoms with van der Waals surface area (Å²) in [6, 6.07) is 7.10. The third kappa shape index (κ3) is 5.65. The van der Waals surface area contributed by atoms with Crippen molar-refractivity contribution in [1.82, 2.24) is 5.32 Å². The molecular weight excluding hydrogens is 348 g/mol. The zero-order chi connectivity index (χ0) is 20.0. The maximum Gasteiger partial charge on any atom is 0.227 e. The molecule has 1 aromatic carbocycles. The molecule has 5 atom stereocenters. The molecular formula is C20H32N2O5. The summed E-state index contributed by atoms with van der Waals surface area (Å²) in [5.41, 5.74) is 7.34. The summed E-state index contributed by atoms with van der Waals surface area (Å²) in [7, 11) is 3.06. The van der Waals surface area contributed by atoms with Gasteiger partial charge in [0.1, 0.15) is 0 Å². The van der Waals surface area contributed by atoms with Gasteiger partial charge in [-0.25, -0.2) is 0 Å². The molecule has 7 heteroatoms. The van der Waals surface area contributed by atoms with Crippen molar-refractivity contribution in [2.24, 2.45) is 5.92 Å². The molecule has 0 unspecified atom stereocenters. The summed E-state index contributed by atoms with van der Waals surface area (Å²) < 4.78 is 10.4. The average Bonchev–Trinajstić information content (AvgIpc) is 2.78. The number of aliphatic hydroxyl groups excluding tert-OH is 2. The summed E-state index contributed by atoms with van der Waals surface area (Å²) in [4.78, 5) is 12.7. The Labute approximate surface area is 160 Å². The third-order valence-corrected chi connectivity index (χ3v) is 5.52. The van der Waals surface area contributed by atoms with Crippen molar-refractivity contribution >= 4 is 11.6 Å². The van der Waals surface area contributed by atoms with Gasteiger partial charge in [0.2, 0.25) is 5.91 Å². The second-order valence-electron chi connectivity index (χ2n) is 7.30. The highest BCUT2D eigenvalue weighted by atomic mass is 16.7. The van der Waals surface area contributed by atoms with E-state index in [-0.39, 0.29) is 17.9 Å². The smallest absolute Gasteiger partial charge is 0.227 e. The Kier molecular flexibility index (Phi) is 8.04. The van der Waals surface area contributed by atoms with Crippen molar-refractivity contribution in [3.8, 4) is 0 Å². The lowest BCUT2D eigenvalue weighted by atomic mass is 9.90. The molecule has 152 valence electrons. The van der Waals surface area contributed by atoms with E-state index in [0.717, 1.165) is 5.56 Å². The van der Waals surface area contributed by atoms with Crippen molar-refractivity contribution in [3.05, 3.63) is 29.8 Å². The van der Waals surface area contributed by atoms with Crippen molar-refractivity contribution < 1.29 is 24.5 Å². The summed E-state index contributed by atoms with van der Waals surface area (Å²) in [5.74, 6) is -0.887. The van der Waals surface area contributed by atoms with E-state index in [1.807, 2.05) is 25.1 Å². The average molecular weight is 380 g/mol. The molecule has 0 bridgehead atoms. The number of hydrogen-bond acceptors (Lipinski definition) is 6. The number of nitrogen functional groups attached to an aromatic ring is 1. The molecule has 1 aliphatic carbocycles. The predicted molar refractivity (Wildman–Crippen MR) is 103 cm³/mol. The van der Waals surface area contributed by atoms with Crippen LogP contribution in [0.3, 0.4) is 0 Å². The number of nitrogens with one attached hydrogen (secondary N) is 1. The van der Waals surface area contributed by atoms with Crippen molar-refractivity contribution in [2.75, 3.05) is 20.0 Å². The van der Waals surface area contributed by atoms with Crippen LogP contribution >= 0.6 is 0 Å². The van der Waals surface area contributed by atoms with Crippen molar-refractivity contribution in [1.29, 1.82) is 0 Å². The van der Waals surface area contributed by atoms with Crippen LogP contribution in [-0.2, 0) is 14.3 Å². The molecule has 5 N–H and O–H groups in total. The van der Waals surface area contributed by atoms with Gasteiger partial charge in [-0.2, -0.15) is 0 Å². The largest absolute Gasteiger partial charge is 0.398 e. The molecule has 1 amide bonds. The first-order chi connectivity index (χ1) is 12.9. The Hall–Kier alpha value is -1.67. The highest BCUT2D eigenvalue weighted by Gasteiger charge is 2.35. The van der Waals surface area contributed by atoms with Crippen LogP contribution in [0.25, 0.3) is 0 Å². The number of rotatable bonds is 7. The van der Waals surface area contributed by atoms with Gasteiger partial charge in [-0.3, -0.25) is 4.79 Å². The lowest BCUT2D eigenvalue weighted by Crippen LogP contribution is -2.40. The number of hydrogen-bond donors (Lipinski definition) is 4. The summed E-state index contributed by atoms with van der Waals surface area (Å²) >= 11 is 0. The van der Waals surface area contributed by atoms with E-state index in [1.54, 1.807) is 6.07 Å². The second kappa shape index (κ2) is 10.0. The standard InChI is InChI=1S/C20H32N2O5/c1-12(14-6-4-5-7-16(14)21)20(25)22-13-8-9-17(23)15(18(24)10-13)11-19(26-2)27-3/h4-7,12-13,15,17-19,23-24H,8-11,21H2,1-3H3,(H,22,25)/t12-,13-,15-,17-,18-/m0/s1. The maximum absolute atomic E-state index is 12.7. The number of ether oxygens (including phenoxy) is 2. The number of benzene rings is 1. The maximum atomic E-state index is 12.7. The number of methoxy groups -OCH3 is 2. The van der Waals surface area contributed by atoms with Crippen LogP contribution in [0.15, 0.2) is 24.3 Å². The monoisotopic (exact) mass is 380 g/mol. The molecule has 0 aliphatic heterocycles. The third-order valence-electron chi connectivity index (χ3n) is 5.52. The van der Waals surface area contributed by atoms with E-state index >= 15 is 0 Å². The van der Waals surface area contributed by atoms with Gasteiger partial charge in [-0.15, -0.1) is 0 Å². The first-order valence-electron chi connectivity index (χ1n) is 9.43. The molecule has 0 saturated heterocycles. The highest BCUT2D eigenvalue weighted by Crippen LogP contribution is 2.29. The van der Waals surface area contributed by atoms with E-state index in [4.69, 9.17) is 15.2 Å². The first-order valence-corrected chi connectivity index (χ1v) is 9.43. The number of amides is 1. The lowest BCUT2D eigenvalue weighted by molar-refractivity contribution is -0.133. The number of anilines is 1. The van der Waals surface area contributed by atoms with E-state index < -0.39 is 24.4 Å². The van der Waals surface area contributed by atoms with E-state index in [0.29, 0.717) is 31.4 Å². The topological polar surface area (TPSA) is 114 Å². The minimum Gasteiger partial charge on any atom is -0.398 e. The number of carbonyl (C=O) groups excluding carboxylic acids is 1. The molecule has 27 heavy (non-hydrogen) atoms. The molecule has 1 aromatic rings. The molecule has 0 aromatic heterocycles. The van der Waals surface area contributed by atoms with Gasteiger partial charge in [0, 0.05) is 38.3 Å². The van der Waals surface area contributed by atoms with Crippen LogP contribution in [0.5, 0.6) is 0 Å². The second-order valence-corrected chi connectivity index (χ2v) is 7.30. The normalized spacial score (nSPS) is 27.2. The zero-order valence-corrected chi connectivity index (χ0v) is 16.3. The lowest BCUT2D eigenvalue weighted by Gasteiger charge is -2.28. The van der Waals surface area contributed by atoms with Crippen LogP contribution in [0.2, 0.25) is 0 Å². The Balaban J connectivity index is 2.00. The molecule has 7 nitrogen and oxygen atoms in total. The molecule has 0 heterocycles. The van der Waals surface area contributed by atoms with Gasteiger partial charge >= 0.3 is 0 Å². The molecule has 1 aliphatic rings. The number of aliphatic hydroxyl groups is 2. The molecule has 0 radical (unpaired) electrons. The molecule has 1 saturated carbocycles. The summed E-state index contributed by atoms with van der Waals surface area (Å²) in [6.07, 6.45) is -0.0324. The van der Waals surface area contributed by atoms with Crippen molar-refractivity contribution in [2.45, 2.75) is 63.1 Å². The van der Waals surface area contributed by atoms with Gasteiger partial charge < -0.3 is 30.7 Å². The van der Waals surface area contributed by atoms with E-state index in [1.165, 1.54) is 14.2 Å². The molecule has 0 spiro atoms. The predicted octanol–water partition coefficient (Wildman–Crippen LogP) is 1.39. The molecule has 2 rings (SSSR count). The van der Waals surface area contributed by atoms with Gasteiger partial charge in [0.25, 0.3) is 0 Å². The van der Waals surface area contributed by atoms with Crippen molar-refractivity contribution in [3.63, 3.8) is 0 Å². The number of para-hydroxylation sites is 1. The first kappa shape index (κ1) is 21.6. The van der Waals surface area contributed by atoms with Crippen LogP contribution in [0, 0.1) is 5.92 Å². The fourth-order valence-corrected chi connectivity index (χ4v) is 3.76. The summed E-state index contributed by atoms with van der Waals surface area (Å²) in [6.45, 7) is 1.81. The Morgan fingerprint density at radius 3 is 2.52 bits per heavy atom. The number of carbonyl (C=O) groups is 1. The number of nitrogens with two attached hydrogens (primary N) is 1. The van der Waals surface area contributed by atoms with Crippen LogP contribution in [0.1, 0.15) is 44.1 Å². The van der Waals surface area contributed by atoms with Gasteiger partial charge in [-0.05, 0) is 37.8 Å². The Bertz CT molecular complexity index is 608. The molecule has 1 fully saturated rings. The zero-order valence-electron chi connectivity index (χ0n) is 16.3. The van der Waals surface area contributed by atoms with Crippen LogP contribution < -0.4 is 11.1 Å². The van der Waals surface area contributed by atoms with Gasteiger partial charge in [0.15, 0.2) is 6.29 Å². The highest BCUT2D eigenvalue weighted by molar-refractivity contribution is 5.85.